The Balaban J connectivity index is 1.74. The van der Waals surface area contributed by atoms with E-state index in [4.69, 9.17) is 0 Å². The largest absolute Gasteiger partial charge is 0.323 e. The summed E-state index contributed by atoms with van der Waals surface area (Å²) in [7, 11) is 0. The van der Waals surface area contributed by atoms with Gasteiger partial charge >= 0.3 is 0 Å². The summed E-state index contributed by atoms with van der Waals surface area (Å²) in [6, 6.07) is 10.8. The van der Waals surface area contributed by atoms with Gasteiger partial charge in [-0.3, -0.25) is 9.78 Å². The lowest BCUT2D eigenvalue weighted by Gasteiger charge is -2.25. The van der Waals surface area contributed by atoms with E-state index in [1.807, 2.05) is 18.5 Å². The van der Waals surface area contributed by atoms with Crippen molar-refractivity contribution in [2.75, 3.05) is 5.75 Å². The number of aromatic nitrogens is 1. The van der Waals surface area contributed by atoms with Gasteiger partial charge < -0.3 is 4.90 Å². The van der Waals surface area contributed by atoms with Gasteiger partial charge in [-0.25, -0.2) is 0 Å². The molecule has 2 aliphatic rings. The molecule has 4 rings (SSSR count). The van der Waals surface area contributed by atoms with Gasteiger partial charge in [0.05, 0.1) is 5.75 Å². The number of thioether (sulfide) groups is 1. The second-order valence-electron chi connectivity index (χ2n) is 5.98. The van der Waals surface area contributed by atoms with E-state index in [2.05, 4.69) is 46.8 Å². The number of nitrogens with zero attached hydrogens (tertiary/aromatic N) is 2. The van der Waals surface area contributed by atoms with E-state index < -0.39 is 0 Å². The van der Waals surface area contributed by atoms with Crippen LogP contribution in [0.3, 0.4) is 0 Å². The lowest BCUT2D eigenvalue weighted by atomic mass is 10.00. The Morgan fingerprint density at radius 2 is 2.00 bits per heavy atom. The van der Waals surface area contributed by atoms with E-state index in [9.17, 15) is 4.79 Å². The highest BCUT2D eigenvalue weighted by molar-refractivity contribution is 8.00. The summed E-state index contributed by atoms with van der Waals surface area (Å²) >= 11 is 1.73. The summed E-state index contributed by atoms with van der Waals surface area (Å²) in [5.74, 6) is 0.852. The summed E-state index contributed by atoms with van der Waals surface area (Å²) in [4.78, 5) is 18.6. The topological polar surface area (TPSA) is 33.2 Å². The Morgan fingerprint density at radius 1 is 1.22 bits per heavy atom. The van der Waals surface area contributed by atoms with Crippen LogP contribution in [0.2, 0.25) is 0 Å². The number of pyridine rings is 1. The fourth-order valence-corrected chi connectivity index (χ4v) is 4.37. The molecule has 1 aliphatic heterocycles. The maximum absolute atomic E-state index is 12.2. The predicted molar refractivity (Wildman–Crippen MR) is 94.8 cm³/mol. The molecule has 1 saturated carbocycles. The maximum Gasteiger partial charge on any atom is 0.234 e. The first kappa shape index (κ1) is 14.5. The lowest BCUT2D eigenvalue weighted by molar-refractivity contribution is -0.128. The molecule has 0 radical (unpaired) electrons. The predicted octanol–water partition coefficient (Wildman–Crippen LogP) is 4.13. The van der Waals surface area contributed by atoms with Gasteiger partial charge in [0.25, 0.3) is 0 Å². The zero-order valence-electron chi connectivity index (χ0n) is 12.8. The Kier molecular flexibility index (Phi) is 3.69. The van der Waals surface area contributed by atoms with Crippen molar-refractivity contribution in [3.8, 4) is 11.1 Å². The van der Waals surface area contributed by atoms with Gasteiger partial charge in [0, 0.05) is 24.0 Å². The van der Waals surface area contributed by atoms with E-state index in [0.29, 0.717) is 11.8 Å². The SMILES string of the molecule is C=Cc1ccc(-c2cnccc2C2SCC(=O)N2C2CC2)cc1. The van der Waals surface area contributed by atoms with Crippen molar-refractivity contribution in [2.45, 2.75) is 24.3 Å². The first-order valence-corrected chi connectivity index (χ1v) is 8.92. The molecule has 1 aliphatic carbocycles. The third-order valence-corrected chi connectivity index (χ3v) is 5.63. The average molecular weight is 322 g/mol. The molecular weight excluding hydrogens is 304 g/mol. The fourth-order valence-electron chi connectivity index (χ4n) is 3.08. The van der Waals surface area contributed by atoms with Crippen molar-refractivity contribution in [3.05, 3.63) is 60.4 Å². The second kappa shape index (κ2) is 5.85. The highest BCUT2D eigenvalue weighted by Crippen LogP contribution is 2.47. The summed E-state index contributed by atoms with van der Waals surface area (Å²) in [5.41, 5.74) is 4.54. The summed E-state index contributed by atoms with van der Waals surface area (Å²) < 4.78 is 0. The quantitative estimate of drug-likeness (QED) is 0.848. The van der Waals surface area contributed by atoms with Gasteiger partial charge in [-0.2, -0.15) is 0 Å². The molecule has 116 valence electrons. The van der Waals surface area contributed by atoms with Crippen LogP contribution in [-0.2, 0) is 4.79 Å². The van der Waals surface area contributed by atoms with Gasteiger partial charge in [-0.15, -0.1) is 11.8 Å². The Morgan fingerprint density at radius 3 is 2.70 bits per heavy atom. The first-order chi connectivity index (χ1) is 11.3. The number of rotatable bonds is 4. The smallest absolute Gasteiger partial charge is 0.234 e. The average Bonchev–Trinajstić information content (AvgIpc) is 3.37. The monoisotopic (exact) mass is 322 g/mol. The molecule has 1 aromatic carbocycles. The van der Waals surface area contributed by atoms with Crippen molar-refractivity contribution in [2.24, 2.45) is 0 Å². The standard InChI is InChI=1S/C19H18N2OS/c1-2-13-3-5-14(6-4-13)17-11-20-10-9-16(17)19-21(15-7-8-15)18(22)12-23-19/h2-6,9-11,15,19H,1,7-8,12H2. The molecular formula is C19H18N2OS. The van der Waals surface area contributed by atoms with Crippen LogP contribution >= 0.6 is 11.8 Å². The zero-order chi connectivity index (χ0) is 15.8. The Labute approximate surface area is 140 Å². The zero-order valence-corrected chi connectivity index (χ0v) is 13.6. The van der Waals surface area contributed by atoms with Crippen LogP contribution in [0.4, 0.5) is 0 Å². The minimum atomic E-state index is 0.118. The minimum absolute atomic E-state index is 0.118. The number of hydrogen-bond acceptors (Lipinski definition) is 3. The third kappa shape index (κ3) is 2.68. The molecule has 1 aromatic heterocycles. The molecule has 1 atom stereocenters. The van der Waals surface area contributed by atoms with Gasteiger partial charge in [0.1, 0.15) is 5.37 Å². The van der Waals surface area contributed by atoms with Crippen LogP contribution in [0, 0.1) is 0 Å². The molecule has 2 aromatic rings. The van der Waals surface area contributed by atoms with Crippen molar-refractivity contribution < 1.29 is 4.79 Å². The number of hydrogen-bond donors (Lipinski definition) is 0. The minimum Gasteiger partial charge on any atom is -0.323 e. The van der Waals surface area contributed by atoms with E-state index in [1.165, 1.54) is 5.56 Å². The van der Waals surface area contributed by atoms with Gasteiger partial charge in [-0.05, 0) is 35.6 Å². The van der Waals surface area contributed by atoms with Crippen LogP contribution in [-0.4, -0.2) is 27.6 Å². The number of carbonyl (C=O) groups is 1. The van der Waals surface area contributed by atoms with Crippen molar-refractivity contribution in [3.63, 3.8) is 0 Å². The highest BCUT2D eigenvalue weighted by Gasteiger charge is 2.43. The molecule has 0 spiro atoms. The number of benzene rings is 1. The molecule has 1 unspecified atom stereocenters. The summed E-state index contributed by atoms with van der Waals surface area (Å²) in [6.07, 6.45) is 7.85. The van der Waals surface area contributed by atoms with E-state index in [-0.39, 0.29) is 11.3 Å². The normalized spacial score (nSPS) is 20.8. The number of amides is 1. The molecule has 4 heteroatoms. The Hall–Kier alpha value is -2.07. The van der Waals surface area contributed by atoms with E-state index in [0.717, 1.165) is 29.5 Å². The maximum atomic E-state index is 12.2. The van der Waals surface area contributed by atoms with Crippen molar-refractivity contribution >= 4 is 23.7 Å². The van der Waals surface area contributed by atoms with E-state index in [1.54, 1.807) is 11.8 Å². The molecule has 3 nitrogen and oxygen atoms in total. The Bertz CT molecular complexity index is 752. The van der Waals surface area contributed by atoms with Gasteiger partial charge in [-0.1, -0.05) is 36.9 Å². The van der Waals surface area contributed by atoms with Crippen LogP contribution in [0.15, 0.2) is 49.3 Å². The molecule has 2 heterocycles. The molecule has 1 saturated heterocycles. The van der Waals surface area contributed by atoms with Crippen molar-refractivity contribution in [1.82, 2.24) is 9.88 Å². The highest BCUT2D eigenvalue weighted by atomic mass is 32.2. The first-order valence-electron chi connectivity index (χ1n) is 7.87. The van der Waals surface area contributed by atoms with Gasteiger partial charge in [0.15, 0.2) is 0 Å². The van der Waals surface area contributed by atoms with Crippen molar-refractivity contribution in [1.29, 1.82) is 0 Å². The molecule has 23 heavy (non-hydrogen) atoms. The fraction of sp³-hybridized carbons (Fsp3) is 0.263. The molecule has 1 amide bonds. The molecule has 0 N–H and O–H groups in total. The summed E-state index contributed by atoms with van der Waals surface area (Å²) in [5, 5.41) is 0.118. The second-order valence-corrected chi connectivity index (χ2v) is 7.05. The number of carbonyl (C=O) groups excluding carboxylic acids is 1. The van der Waals surface area contributed by atoms with E-state index >= 15 is 0 Å². The van der Waals surface area contributed by atoms with Crippen LogP contribution in [0.5, 0.6) is 0 Å². The van der Waals surface area contributed by atoms with Crippen LogP contribution < -0.4 is 0 Å². The molecule has 2 fully saturated rings. The lowest BCUT2D eigenvalue weighted by Crippen LogP contribution is -2.30. The van der Waals surface area contributed by atoms with Crippen LogP contribution in [0.25, 0.3) is 17.2 Å². The van der Waals surface area contributed by atoms with Crippen LogP contribution in [0.1, 0.15) is 29.3 Å². The summed E-state index contributed by atoms with van der Waals surface area (Å²) in [6.45, 7) is 3.80. The molecule has 0 bridgehead atoms. The third-order valence-electron chi connectivity index (χ3n) is 4.42. The van der Waals surface area contributed by atoms with Gasteiger partial charge in [0.2, 0.25) is 5.91 Å².